The lowest BCUT2D eigenvalue weighted by Gasteiger charge is -2.52. The molecule has 2 aromatic rings. The van der Waals surface area contributed by atoms with Crippen molar-refractivity contribution in [2.75, 3.05) is 36.4 Å². The zero-order valence-electron chi connectivity index (χ0n) is 22.2. The number of nitrogens with one attached hydrogen (secondary N) is 1. The number of carboxylic acid groups (broad SMARTS) is 1. The Morgan fingerprint density at radius 2 is 1.92 bits per heavy atom. The molecule has 1 aromatic carbocycles. The molecule has 2 atom stereocenters. The van der Waals surface area contributed by atoms with Gasteiger partial charge in [-0.05, 0) is 82.0 Å². The van der Waals surface area contributed by atoms with Crippen LogP contribution in [0.3, 0.4) is 0 Å². The summed E-state index contributed by atoms with van der Waals surface area (Å²) in [5.74, 6) is 1.88. The number of carboxylic acids is 1. The van der Waals surface area contributed by atoms with Crippen LogP contribution in [0, 0.1) is 17.3 Å². The first-order valence-corrected chi connectivity index (χ1v) is 14.7. The SMILES string of the molecule is CCc1nc(N2CC([C@H]3CCCN(C4CC(C)(C(=O)O)C4)C3)C2)nc(N[C@H](C)c2ccc(Cl)cc2Cl)c1Cl. The lowest BCUT2D eigenvalue weighted by molar-refractivity contribution is -0.158. The predicted molar refractivity (Wildman–Crippen MR) is 154 cm³/mol. The maximum atomic E-state index is 11.5. The molecular weight excluding hydrogens is 545 g/mol. The number of piperidine rings is 1. The van der Waals surface area contributed by atoms with Crippen molar-refractivity contribution >= 4 is 52.5 Å². The highest BCUT2D eigenvalue weighted by atomic mass is 35.5. The van der Waals surface area contributed by atoms with Crippen molar-refractivity contribution < 1.29 is 9.90 Å². The van der Waals surface area contributed by atoms with Crippen molar-refractivity contribution in [2.24, 2.45) is 17.3 Å². The van der Waals surface area contributed by atoms with Crippen LogP contribution in [0.1, 0.15) is 63.8 Å². The van der Waals surface area contributed by atoms with Gasteiger partial charge >= 0.3 is 5.97 Å². The Kier molecular flexibility index (Phi) is 8.03. The van der Waals surface area contributed by atoms with E-state index in [1.807, 2.05) is 32.9 Å². The number of likely N-dealkylation sites (tertiary alicyclic amines) is 1. The van der Waals surface area contributed by atoms with E-state index in [0.717, 1.165) is 50.3 Å². The summed E-state index contributed by atoms with van der Waals surface area (Å²) in [6, 6.07) is 5.78. The summed E-state index contributed by atoms with van der Waals surface area (Å²) in [6.07, 6.45) is 4.65. The van der Waals surface area contributed by atoms with Gasteiger partial charge in [-0.2, -0.15) is 4.98 Å². The van der Waals surface area contributed by atoms with E-state index in [-0.39, 0.29) is 6.04 Å². The summed E-state index contributed by atoms with van der Waals surface area (Å²) < 4.78 is 0. The third-order valence-corrected chi connectivity index (χ3v) is 9.74. The first-order valence-electron chi connectivity index (χ1n) is 13.6. The van der Waals surface area contributed by atoms with Crippen LogP contribution in [0.2, 0.25) is 15.1 Å². The lowest BCUT2D eigenvalue weighted by atomic mass is 9.65. The highest BCUT2D eigenvalue weighted by Crippen LogP contribution is 2.45. The second-order valence-corrected chi connectivity index (χ2v) is 12.7. The number of aryl methyl sites for hydroxylation is 1. The molecule has 1 aromatic heterocycles. The van der Waals surface area contributed by atoms with E-state index >= 15 is 0 Å². The molecule has 2 saturated heterocycles. The maximum Gasteiger partial charge on any atom is 0.309 e. The molecule has 0 unspecified atom stereocenters. The van der Waals surface area contributed by atoms with Crippen LogP contribution in [-0.4, -0.2) is 58.2 Å². The van der Waals surface area contributed by atoms with Crippen molar-refractivity contribution in [3.8, 4) is 0 Å². The molecule has 5 rings (SSSR count). The van der Waals surface area contributed by atoms with E-state index in [1.54, 1.807) is 6.07 Å². The van der Waals surface area contributed by atoms with Crippen LogP contribution in [-0.2, 0) is 11.2 Å². The van der Waals surface area contributed by atoms with Gasteiger partial charge in [0.2, 0.25) is 5.95 Å². The van der Waals surface area contributed by atoms with Gasteiger partial charge in [0.15, 0.2) is 5.82 Å². The number of hydrogen-bond acceptors (Lipinski definition) is 6. The summed E-state index contributed by atoms with van der Waals surface area (Å²) in [5.41, 5.74) is 1.20. The summed E-state index contributed by atoms with van der Waals surface area (Å²) >= 11 is 19.2. The fourth-order valence-corrected chi connectivity index (χ4v) is 7.08. The smallest absolute Gasteiger partial charge is 0.309 e. The van der Waals surface area contributed by atoms with E-state index < -0.39 is 11.4 Å². The van der Waals surface area contributed by atoms with Gasteiger partial charge in [-0.15, -0.1) is 0 Å². The van der Waals surface area contributed by atoms with Crippen molar-refractivity contribution in [1.82, 2.24) is 14.9 Å². The standard InChI is InChI=1S/C28H36Cl3N5O2/c1-4-23-24(31)25(32-16(2)21-8-7-19(29)10-22(21)30)34-27(33-23)36-14-18(15-36)17-6-5-9-35(13-17)20-11-28(3,12-20)26(37)38/h7-8,10,16-18,20H,4-6,9,11-15H2,1-3H3,(H,37,38)(H,32,33,34)/t16-,17+,20?,28?/m1/s1. The van der Waals surface area contributed by atoms with Crippen LogP contribution in [0.15, 0.2) is 18.2 Å². The number of benzene rings is 1. The fraction of sp³-hybridized carbons (Fsp3) is 0.607. The molecule has 1 saturated carbocycles. The molecule has 2 aliphatic heterocycles. The average molecular weight is 581 g/mol. The highest BCUT2D eigenvalue weighted by Gasteiger charge is 2.49. The zero-order chi connectivity index (χ0) is 27.2. The van der Waals surface area contributed by atoms with E-state index in [9.17, 15) is 9.90 Å². The van der Waals surface area contributed by atoms with Gasteiger partial charge in [0.25, 0.3) is 0 Å². The van der Waals surface area contributed by atoms with Gasteiger partial charge in [-0.3, -0.25) is 4.79 Å². The molecule has 2 N–H and O–H groups in total. The summed E-state index contributed by atoms with van der Waals surface area (Å²) in [6.45, 7) is 9.95. The molecule has 206 valence electrons. The number of anilines is 2. The van der Waals surface area contributed by atoms with Gasteiger partial charge in [0.05, 0.1) is 17.2 Å². The van der Waals surface area contributed by atoms with Crippen LogP contribution < -0.4 is 10.2 Å². The largest absolute Gasteiger partial charge is 0.481 e. The van der Waals surface area contributed by atoms with Crippen molar-refractivity contribution in [3.05, 3.63) is 44.5 Å². The minimum absolute atomic E-state index is 0.114. The molecule has 38 heavy (non-hydrogen) atoms. The summed E-state index contributed by atoms with van der Waals surface area (Å²) in [7, 11) is 0. The fourth-order valence-electron chi connectivity index (χ4n) is 6.23. The number of aromatic nitrogens is 2. The van der Waals surface area contributed by atoms with E-state index in [0.29, 0.717) is 51.1 Å². The van der Waals surface area contributed by atoms with E-state index in [2.05, 4.69) is 15.1 Å². The number of halogens is 3. The lowest BCUT2D eigenvalue weighted by Crippen LogP contribution is -2.58. The monoisotopic (exact) mass is 579 g/mol. The predicted octanol–water partition coefficient (Wildman–Crippen LogP) is 6.57. The third-order valence-electron chi connectivity index (χ3n) is 8.78. The Hall–Kier alpha value is -1.80. The molecule has 3 fully saturated rings. The van der Waals surface area contributed by atoms with Crippen LogP contribution >= 0.6 is 34.8 Å². The van der Waals surface area contributed by atoms with Gasteiger partial charge in [-0.1, -0.05) is 47.8 Å². The van der Waals surface area contributed by atoms with Gasteiger partial charge in [0, 0.05) is 35.7 Å². The maximum absolute atomic E-state index is 11.5. The molecule has 0 spiro atoms. The number of hydrogen-bond donors (Lipinski definition) is 2. The Morgan fingerprint density at radius 3 is 2.58 bits per heavy atom. The molecule has 3 heterocycles. The summed E-state index contributed by atoms with van der Waals surface area (Å²) in [5, 5.41) is 14.7. The summed E-state index contributed by atoms with van der Waals surface area (Å²) in [4.78, 5) is 25.9. The topological polar surface area (TPSA) is 81.6 Å². The number of rotatable bonds is 8. The first-order chi connectivity index (χ1) is 18.1. The second-order valence-electron chi connectivity index (χ2n) is 11.5. The van der Waals surface area contributed by atoms with E-state index in [1.165, 1.54) is 12.8 Å². The highest BCUT2D eigenvalue weighted by molar-refractivity contribution is 6.35. The third kappa shape index (κ3) is 5.45. The zero-order valence-corrected chi connectivity index (χ0v) is 24.5. The Labute approximate surface area is 239 Å². The molecule has 10 heteroatoms. The Balaban J connectivity index is 1.23. The van der Waals surface area contributed by atoms with Crippen molar-refractivity contribution in [2.45, 2.75) is 65.0 Å². The van der Waals surface area contributed by atoms with Gasteiger partial charge in [0.1, 0.15) is 5.02 Å². The van der Waals surface area contributed by atoms with Crippen molar-refractivity contribution in [3.63, 3.8) is 0 Å². The van der Waals surface area contributed by atoms with Crippen LogP contribution in [0.25, 0.3) is 0 Å². The molecule has 1 aliphatic carbocycles. The van der Waals surface area contributed by atoms with Crippen LogP contribution in [0.4, 0.5) is 11.8 Å². The molecule has 7 nitrogen and oxygen atoms in total. The quantitative estimate of drug-likeness (QED) is 0.365. The van der Waals surface area contributed by atoms with Gasteiger partial charge < -0.3 is 20.2 Å². The minimum Gasteiger partial charge on any atom is -0.481 e. The van der Waals surface area contributed by atoms with E-state index in [4.69, 9.17) is 44.8 Å². The Morgan fingerprint density at radius 1 is 1.18 bits per heavy atom. The molecule has 3 aliphatic rings. The van der Waals surface area contributed by atoms with Crippen LogP contribution in [0.5, 0.6) is 0 Å². The molecule has 0 amide bonds. The average Bonchev–Trinajstić information content (AvgIpc) is 2.82. The normalized spacial score (nSPS) is 26.9. The van der Waals surface area contributed by atoms with Crippen molar-refractivity contribution in [1.29, 1.82) is 0 Å². The Bertz CT molecular complexity index is 1200. The minimum atomic E-state index is -0.661. The van der Waals surface area contributed by atoms with Gasteiger partial charge in [-0.25, -0.2) is 4.98 Å². The second kappa shape index (κ2) is 11.0. The number of aliphatic carboxylic acids is 1. The number of carbonyl (C=O) groups is 1. The first kappa shape index (κ1) is 27.8. The molecule has 0 radical (unpaired) electrons. The molecule has 0 bridgehead atoms. The number of nitrogens with zero attached hydrogens (tertiary/aromatic N) is 4. The molecular formula is C28H36Cl3N5O2.